The molecule has 0 saturated heterocycles. The van der Waals surface area contributed by atoms with E-state index in [0.717, 1.165) is 15.7 Å². The van der Waals surface area contributed by atoms with Crippen LogP contribution in [0.1, 0.15) is 5.56 Å². The highest BCUT2D eigenvalue weighted by Gasteiger charge is 2.24. The molecule has 5 nitrogen and oxygen atoms in total. The number of hydrogen-bond donors (Lipinski definition) is 0. The molecule has 1 aromatic heterocycles. The molecule has 1 aliphatic heterocycles. The van der Waals surface area contributed by atoms with Crippen molar-refractivity contribution in [3.8, 4) is 17.0 Å². The standard InChI is InChI=1S/C13H12N2O3/c1-14-10-9-6-4-3-5-8(9)7-18-11(10)12(16)15(2)13(14)17/h3-6H,7H2,1-2H3. The second kappa shape index (κ2) is 3.60. The van der Waals surface area contributed by atoms with E-state index in [-0.39, 0.29) is 17.0 Å². The number of fused-ring (bicyclic) bond motifs is 3. The van der Waals surface area contributed by atoms with E-state index in [1.807, 2.05) is 24.3 Å². The number of aromatic nitrogens is 2. The van der Waals surface area contributed by atoms with Crippen LogP contribution in [0.3, 0.4) is 0 Å². The van der Waals surface area contributed by atoms with E-state index in [1.165, 1.54) is 11.6 Å². The highest BCUT2D eigenvalue weighted by molar-refractivity contribution is 5.71. The van der Waals surface area contributed by atoms with E-state index in [4.69, 9.17) is 4.74 Å². The molecule has 0 N–H and O–H groups in total. The van der Waals surface area contributed by atoms with Gasteiger partial charge in [0.05, 0.1) is 0 Å². The minimum absolute atomic E-state index is 0.248. The zero-order chi connectivity index (χ0) is 12.9. The first-order chi connectivity index (χ1) is 8.61. The van der Waals surface area contributed by atoms with Gasteiger partial charge >= 0.3 is 5.69 Å². The van der Waals surface area contributed by atoms with E-state index in [9.17, 15) is 9.59 Å². The molecule has 0 spiro atoms. The molecule has 92 valence electrons. The number of nitrogens with zero attached hydrogens (tertiary/aromatic N) is 2. The van der Waals surface area contributed by atoms with Crippen molar-refractivity contribution in [1.29, 1.82) is 0 Å². The zero-order valence-corrected chi connectivity index (χ0v) is 10.1. The van der Waals surface area contributed by atoms with Crippen LogP contribution >= 0.6 is 0 Å². The second-order valence-corrected chi connectivity index (χ2v) is 4.33. The monoisotopic (exact) mass is 244 g/mol. The third-order valence-electron chi connectivity index (χ3n) is 3.27. The van der Waals surface area contributed by atoms with Gasteiger partial charge in [0.1, 0.15) is 12.3 Å². The van der Waals surface area contributed by atoms with Crippen LogP contribution in [-0.4, -0.2) is 9.13 Å². The summed E-state index contributed by atoms with van der Waals surface area (Å²) in [5.41, 5.74) is 1.69. The molecule has 2 heterocycles. The van der Waals surface area contributed by atoms with E-state index in [2.05, 4.69) is 0 Å². The van der Waals surface area contributed by atoms with Crippen molar-refractivity contribution in [2.24, 2.45) is 14.1 Å². The zero-order valence-electron chi connectivity index (χ0n) is 10.1. The molecule has 18 heavy (non-hydrogen) atoms. The third-order valence-corrected chi connectivity index (χ3v) is 3.27. The van der Waals surface area contributed by atoms with Crippen molar-refractivity contribution in [3.05, 3.63) is 50.7 Å². The minimum Gasteiger partial charge on any atom is -0.481 e. The van der Waals surface area contributed by atoms with Crippen LogP contribution in [0.2, 0.25) is 0 Å². The molecule has 5 heteroatoms. The summed E-state index contributed by atoms with van der Waals surface area (Å²) >= 11 is 0. The van der Waals surface area contributed by atoms with Crippen LogP contribution in [-0.2, 0) is 20.7 Å². The molecule has 0 saturated carbocycles. The molecule has 0 fully saturated rings. The molecular weight excluding hydrogens is 232 g/mol. The molecule has 0 radical (unpaired) electrons. The van der Waals surface area contributed by atoms with Gasteiger partial charge in [-0.1, -0.05) is 24.3 Å². The first-order valence-corrected chi connectivity index (χ1v) is 5.62. The Balaban J connectivity index is 2.49. The fraction of sp³-hybridized carbons (Fsp3) is 0.231. The highest BCUT2D eigenvalue weighted by atomic mass is 16.5. The van der Waals surface area contributed by atoms with Crippen molar-refractivity contribution in [2.45, 2.75) is 6.61 Å². The summed E-state index contributed by atoms with van der Waals surface area (Å²) in [6.45, 7) is 0.358. The first-order valence-electron chi connectivity index (χ1n) is 5.62. The first kappa shape index (κ1) is 10.8. The third kappa shape index (κ3) is 1.27. The van der Waals surface area contributed by atoms with E-state index in [1.54, 1.807) is 7.05 Å². The summed E-state index contributed by atoms with van der Waals surface area (Å²) in [7, 11) is 3.10. The van der Waals surface area contributed by atoms with Gasteiger partial charge in [-0.15, -0.1) is 0 Å². The Morgan fingerprint density at radius 2 is 1.83 bits per heavy atom. The van der Waals surface area contributed by atoms with Gasteiger partial charge < -0.3 is 4.74 Å². The van der Waals surface area contributed by atoms with Crippen molar-refractivity contribution < 1.29 is 4.74 Å². The van der Waals surface area contributed by atoms with Gasteiger partial charge in [-0.05, 0) is 5.56 Å². The van der Waals surface area contributed by atoms with Crippen LogP contribution < -0.4 is 16.0 Å². The summed E-state index contributed by atoms with van der Waals surface area (Å²) in [4.78, 5) is 24.0. The van der Waals surface area contributed by atoms with E-state index >= 15 is 0 Å². The molecule has 0 unspecified atom stereocenters. The molecule has 3 rings (SSSR count). The lowest BCUT2D eigenvalue weighted by molar-refractivity contribution is 0.291. The Kier molecular flexibility index (Phi) is 2.16. The maximum Gasteiger partial charge on any atom is 0.331 e. The van der Waals surface area contributed by atoms with Gasteiger partial charge in [0.2, 0.25) is 5.75 Å². The van der Waals surface area contributed by atoms with Gasteiger partial charge in [0.15, 0.2) is 0 Å². The Labute approximate surface area is 103 Å². The summed E-state index contributed by atoms with van der Waals surface area (Å²) in [5.74, 6) is 0.248. The van der Waals surface area contributed by atoms with Crippen LogP contribution in [0.5, 0.6) is 5.75 Å². The summed E-state index contributed by atoms with van der Waals surface area (Å²) in [6.07, 6.45) is 0. The minimum atomic E-state index is -0.386. The van der Waals surface area contributed by atoms with Gasteiger partial charge in [0, 0.05) is 19.7 Å². The van der Waals surface area contributed by atoms with Crippen molar-refractivity contribution in [1.82, 2.24) is 9.13 Å². The molecule has 0 bridgehead atoms. The van der Waals surface area contributed by atoms with Crippen LogP contribution in [0.4, 0.5) is 0 Å². The quantitative estimate of drug-likeness (QED) is 0.683. The van der Waals surface area contributed by atoms with Crippen molar-refractivity contribution >= 4 is 0 Å². The van der Waals surface area contributed by atoms with Crippen LogP contribution in [0, 0.1) is 0 Å². The molecular formula is C13H12N2O3. The molecule has 1 aliphatic rings. The molecule has 2 aromatic rings. The highest BCUT2D eigenvalue weighted by Crippen LogP contribution is 2.33. The Morgan fingerprint density at radius 1 is 1.11 bits per heavy atom. The molecule has 1 aromatic carbocycles. The maximum atomic E-state index is 12.0. The van der Waals surface area contributed by atoms with Crippen molar-refractivity contribution in [2.75, 3.05) is 0 Å². The SMILES string of the molecule is Cn1c2c(c(=O)n(C)c1=O)OCc1ccccc1-2. The number of rotatable bonds is 0. The Bertz CT molecular complexity index is 756. The second-order valence-electron chi connectivity index (χ2n) is 4.33. The summed E-state index contributed by atoms with van der Waals surface area (Å²) in [6, 6.07) is 7.62. The molecule has 0 amide bonds. The smallest absolute Gasteiger partial charge is 0.331 e. The predicted octanol–water partition coefficient (Wildman–Crippen LogP) is 0.643. The predicted molar refractivity (Wildman–Crippen MR) is 66.7 cm³/mol. The fourth-order valence-corrected chi connectivity index (χ4v) is 2.27. The summed E-state index contributed by atoms with van der Waals surface area (Å²) < 4.78 is 8.02. The van der Waals surface area contributed by atoms with Gasteiger partial charge in [-0.3, -0.25) is 13.9 Å². The number of ether oxygens (including phenoxy) is 1. The molecule has 0 aliphatic carbocycles. The summed E-state index contributed by atoms with van der Waals surface area (Å²) in [5, 5.41) is 0. The lowest BCUT2D eigenvalue weighted by atomic mass is 10.0. The normalized spacial score (nSPS) is 12.6. The lowest BCUT2D eigenvalue weighted by Gasteiger charge is -2.22. The lowest BCUT2D eigenvalue weighted by Crippen LogP contribution is -2.39. The average molecular weight is 244 g/mol. The van der Waals surface area contributed by atoms with E-state index in [0.29, 0.717) is 12.3 Å². The van der Waals surface area contributed by atoms with Gasteiger partial charge in [-0.25, -0.2) is 4.79 Å². The van der Waals surface area contributed by atoms with E-state index < -0.39 is 0 Å². The topological polar surface area (TPSA) is 53.2 Å². The van der Waals surface area contributed by atoms with Crippen molar-refractivity contribution in [3.63, 3.8) is 0 Å². The Morgan fingerprint density at radius 3 is 2.61 bits per heavy atom. The van der Waals surface area contributed by atoms with Gasteiger partial charge in [-0.2, -0.15) is 0 Å². The average Bonchev–Trinajstić information content (AvgIpc) is 2.41. The number of hydrogen-bond acceptors (Lipinski definition) is 3. The van der Waals surface area contributed by atoms with Gasteiger partial charge in [0.25, 0.3) is 5.56 Å². The fourth-order valence-electron chi connectivity index (χ4n) is 2.27. The molecule has 0 atom stereocenters. The maximum absolute atomic E-state index is 12.0. The largest absolute Gasteiger partial charge is 0.481 e. The number of benzene rings is 1. The Hall–Kier alpha value is -2.30. The van der Waals surface area contributed by atoms with Crippen LogP contribution in [0.25, 0.3) is 11.3 Å². The van der Waals surface area contributed by atoms with Crippen LogP contribution in [0.15, 0.2) is 33.9 Å².